The van der Waals surface area contributed by atoms with E-state index in [4.69, 9.17) is 5.73 Å². The third kappa shape index (κ3) is 3.68. The monoisotopic (exact) mass is 259 g/mol. The lowest BCUT2D eigenvalue weighted by molar-refractivity contribution is 0.236. The summed E-state index contributed by atoms with van der Waals surface area (Å²) >= 11 is 0. The highest BCUT2D eigenvalue weighted by atomic mass is 32.2. The summed E-state index contributed by atoms with van der Waals surface area (Å²) in [7, 11) is -2.74. The Morgan fingerprint density at radius 1 is 1.18 bits per heavy atom. The topological polar surface area (TPSA) is 60.2 Å². The lowest BCUT2D eigenvalue weighted by Crippen LogP contribution is -2.34. The Labute approximate surface area is 105 Å². The summed E-state index contributed by atoms with van der Waals surface area (Å²) in [4.78, 5) is 0. The Kier molecular flexibility index (Phi) is 4.14. The fourth-order valence-corrected chi connectivity index (χ4v) is 5.23. The zero-order valence-electron chi connectivity index (χ0n) is 10.8. The van der Waals surface area contributed by atoms with Gasteiger partial charge in [0.2, 0.25) is 0 Å². The molecule has 1 aliphatic heterocycles. The predicted molar refractivity (Wildman–Crippen MR) is 70.5 cm³/mol. The zero-order chi connectivity index (χ0) is 12.5. The fraction of sp³-hybridized carbons (Fsp3) is 1.00. The molecule has 1 saturated carbocycles. The van der Waals surface area contributed by atoms with E-state index in [1.54, 1.807) is 0 Å². The van der Waals surface area contributed by atoms with Crippen molar-refractivity contribution in [2.45, 2.75) is 51.5 Å². The molecule has 1 saturated heterocycles. The quantitative estimate of drug-likeness (QED) is 0.843. The van der Waals surface area contributed by atoms with E-state index in [2.05, 4.69) is 6.92 Å². The van der Waals surface area contributed by atoms with Crippen LogP contribution in [-0.2, 0) is 9.84 Å². The Morgan fingerprint density at radius 2 is 1.82 bits per heavy atom. The van der Waals surface area contributed by atoms with Crippen molar-refractivity contribution >= 4 is 9.84 Å². The summed E-state index contributed by atoms with van der Waals surface area (Å²) in [6.07, 6.45) is 6.81. The van der Waals surface area contributed by atoms with E-state index in [1.807, 2.05) is 0 Å². The van der Waals surface area contributed by atoms with Gasteiger partial charge < -0.3 is 5.73 Å². The highest BCUT2D eigenvalue weighted by Gasteiger charge is 2.31. The zero-order valence-corrected chi connectivity index (χ0v) is 11.6. The van der Waals surface area contributed by atoms with Gasteiger partial charge >= 0.3 is 0 Å². The number of hydrogen-bond acceptors (Lipinski definition) is 3. The van der Waals surface area contributed by atoms with Crippen molar-refractivity contribution < 1.29 is 8.42 Å². The maximum Gasteiger partial charge on any atom is 0.150 e. The number of rotatable bonds is 3. The van der Waals surface area contributed by atoms with Crippen LogP contribution in [0.25, 0.3) is 0 Å². The molecule has 2 atom stereocenters. The highest BCUT2D eigenvalue weighted by Crippen LogP contribution is 2.33. The van der Waals surface area contributed by atoms with Gasteiger partial charge in [0, 0.05) is 6.04 Å². The van der Waals surface area contributed by atoms with E-state index in [9.17, 15) is 8.42 Å². The molecule has 0 spiro atoms. The van der Waals surface area contributed by atoms with Crippen molar-refractivity contribution in [1.82, 2.24) is 0 Å². The van der Waals surface area contributed by atoms with Gasteiger partial charge in [0.15, 0.2) is 9.84 Å². The van der Waals surface area contributed by atoms with Gasteiger partial charge in [-0.3, -0.25) is 0 Å². The van der Waals surface area contributed by atoms with Gasteiger partial charge in [0.1, 0.15) is 0 Å². The summed E-state index contributed by atoms with van der Waals surface area (Å²) in [5.41, 5.74) is 6.27. The standard InChI is InChI=1S/C13H25NO2S/c1-10-2-4-12(5-3-10)13(14)8-11-6-7-17(15,16)9-11/h10-13H,2-9,14H2,1H3. The van der Waals surface area contributed by atoms with E-state index in [-0.39, 0.29) is 6.04 Å². The van der Waals surface area contributed by atoms with E-state index >= 15 is 0 Å². The van der Waals surface area contributed by atoms with Crippen LogP contribution in [0.4, 0.5) is 0 Å². The largest absolute Gasteiger partial charge is 0.327 e. The van der Waals surface area contributed by atoms with E-state index < -0.39 is 9.84 Å². The van der Waals surface area contributed by atoms with Crippen LogP contribution in [0, 0.1) is 17.8 Å². The van der Waals surface area contributed by atoms with Crippen molar-refractivity contribution in [3.63, 3.8) is 0 Å². The summed E-state index contributed by atoms with van der Waals surface area (Å²) in [6, 6.07) is 0.223. The molecular weight excluding hydrogens is 234 g/mol. The average Bonchev–Trinajstić information content (AvgIpc) is 2.59. The smallest absolute Gasteiger partial charge is 0.150 e. The van der Waals surface area contributed by atoms with Crippen LogP contribution >= 0.6 is 0 Å². The summed E-state index contributed by atoms with van der Waals surface area (Å²) < 4.78 is 22.8. The molecule has 0 amide bonds. The van der Waals surface area contributed by atoms with Crippen LogP contribution in [0.15, 0.2) is 0 Å². The molecule has 0 bridgehead atoms. The number of hydrogen-bond donors (Lipinski definition) is 1. The normalized spacial score (nSPS) is 39.1. The van der Waals surface area contributed by atoms with Gasteiger partial charge in [0.25, 0.3) is 0 Å². The molecular formula is C13H25NO2S. The second-order valence-corrected chi connectivity index (χ2v) is 8.42. The Bertz CT molecular complexity index is 344. The summed E-state index contributed by atoms with van der Waals surface area (Å²) in [5.74, 6) is 2.57. The van der Waals surface area contributed by atoms with Gasteiger partial charge in [-0.2, -0.15) is 0 Å². The highest BCUT2D eigenvalue weighted by molar-refractivity contribution is 7.91. The first kappa shape index (κ1) is 13.3. The third-order valence-electron chi connectivity index (χ3n) is 4.60. The third-order valence-corrected chi connectivity index (χ3v) is 6.44. The molecule has 2 fully saturated rings. The second kappa shape index (κ2) is 5.27. The lowest BCUT2D eigenvalue weighted by atomic mass is 9.77. The molecule has 3 nitrogen and oxygen atoms in total. The molecule has 1 heterocycles. The fourth-order valence-electron chi connectivity index (χ4n) is 3.35. The number of nitrogens with two attached hydrogens (primary N) is 1. The molecule has 0 radical (unpaired) electrons. The van der Waals surface area contributed by atoms with Gasteiger partial charge in [-0.1, -0.05) is 19.8 Å². The molecule has 0 aromatic heterocycles. The van der Waals surface area contributed by atoms with E-state index in [0.29, 0.717) is 23.3 Å². The molecule has 2 aliphatic rings. The summed E-state index contributed by atoms with van der Waals surface area (Å²) in [6.45, 7) is 2.31. The van der Waals surface area contributed by atoms with E-state index in [0.717, 1.165) is 18.8 Å². The Balaban J connectivity index is 1.79. The van der Waals surface area contributed by atoms with Crippen LogP contribution in [0.2, 0.25) is 0 Å². The van der Waals surface area contributed by atoms with Crippen LogP contribution < -0.4 is 5.73 Å². The molecule has 1 aliphatic carbocycles. The molecule has 2 N–H and O–H groups in total. The minimum Gasteiger partial charge on any atom is -0.327 e. The predicted octanol–water partition coefficient (Wildman–Crippen LogP) is 1.96. The minimum atomic E-state index is -2.74. The number of sulfone groups is 1. The van der Waals surface area contributed by atoms with Crippen molar-refractivity contribution in [3.05, 3.63) is 0 Å². The molecule has 2 unspecified atom stereocenters. The average molecular weight is 259 g/mol. The van der Waals surface area contributed by atoms with E-state index in [1.165, 1.54) is 25.7 Å². The van der Waals surface area contributed by atoms with Crippen LogP contribution in [-0.4, -0.2) is 26.0 Å². The molecule has 100 valence electrons. The first-order valence-corrected chi connectivity index (χ1v) is 8.74. The first-order chi connectivity index (χ1) is 7.96. The lowest BCUT2D eigenvalue weighted by Gasteiger charge is -2.31. The van der Waals surface area contributed by atoms with Crippen molar-refractivity contribution in [2.24, 2.45) is 23.5 Å². The summed E-state index contributed by atoms with van der Waals surface area (Å²) in [5, 5.41) is 0. The maximum atomic E-state index is 11.4. The molecule has 0 aromatic carbocycles. The van der Waals surface area contributed by atoms with Gasteiger partial charge in [-0.05, 0) is 43.4 Å². The van der Waals surface area contributed by atoms with Crippen LogP contribution in [0.3, 0.4) is 0 Å². The first-order valence-electron chi connectivity index (χ1n) is 6.92. The van der Waals surface area contributed by atoms with Gasteiger partial charge in [-0.15, -0.1) is 0 Å². The van der Waals surface area contributed by atoms with Crippen LogP contribution in [0.5, 0.6) is 0 Å². The second-order valence-electron chi connectivity index (χ2n) is 6.19. The Hall–Kier alpha value is -0.0900. The molecule has 0 aromatic rings. The maximum absolute atomic E-state index is 11.4. The molecule has 17 heavy (non-hydrogen) atoms. The molecule has 2 rings (SSSR count). The molecule has 4 heteroatoms. The minimum absolute atomic E-state index is 0.223. The van der Waals surface area contributed by atoms with Gasteiger partial charge in [-0.25, -0.2) is 8.42 Å². The SMILES string of the molecule is CC1CCC(C(N)CC2CCS(=O)(=O)C2)CC1. The van der Waals surface area contributed by atoms with Crippen molar-refractivity contribution in [2.75, 3.05) is 11.5 Å². The van der Waals surface area contributed by atoms with Crippen molar-refractivity contribution in [3.8, 4) is 0 Å². The van der Waals surface area contributed by atoms with Crippen molar-refractivity contribution in [1.29, 1.82) is 0 Å². The van der Waals surface area contributed by atoms with Gasteiger partial charge in [0.05, 0.1) is 11.5 Å². The Morgan fingerprint density at radius 3 is 2.35 bits per heavy atom. The van der Waals surface area contributed by atoms with Crippen LogP contribution in [0.1, 0.15) is 45.4 Å².